The maximum atomic E-state index is 11.7. The van der Waals surface area contributed by atoms with Gasteiger partial charge in [-0.25, -0.2) is 0 Å². The Balaban J connectivity index is -0.000000427. The second kappa shape index (κ2) is 56.8. The van der Waals surface area contributed by atoms with Crippen molar-refractivity contribution in [2.75, 3.05) is 40.8 Å². The number of nitrogens with one attached hydrogen (secondary N) is 1. The van der Waals surface area contributed by atoms with Crippen molar-refractivity contribution in [2.24, 2.45) is 0 Å². The third-order valence-electron chi connectivity index (χ3n) is 9.61. The van der Waals surface area contributed by atoms with Crippen molar-refractivity contribution in [1.82, 2.24) is 10.2 Å². The molecule has 0 aromatic rings. The summed E-state index contributed by atoms with van der Waals surface area (Å²) in [4.78, 5) is 22.2. The zero-order valence-corrected chi connectivity index (χ0v) is 36.9. The van der Waals surface area contributed by atoms with E-state index in [-0.39, 0.29) is 12.1 Å². The number of hydrogen-bond donors (Lipinski definition) is 2. The van der Waals surface area contributed by atoms with Crippen LogP contribution in [0, 0.1) is 0 Å². The lowest BCUT2D eigenvalue weighted by molar-refractivity contribution is -0.143. The highest BCUT2D eigenvalue weighted by atomic mass is 16.5. The highest BCUT2D eigenvalue weighted by molar-refractivity contribution is 5.69. The van der Waals surface area contributed by atoms with Crippen LogP contribution in [0.3, 0.4) is 0 Å². The van der Waals surface area contributed by atoms with Gasteiger partial charge in [0, 0.05) is 6.42 Å². The minimum atomic E-state index is -0.0256. The topological polar surface area (TPSA) is 78.9 Å². The summed E-state index contributed by atoms with van der Waals surface area (Å²) < 4.78 is 5.35. The van der Waals surface area contributed by atoms with E-state index in [1.807, 2.05) is 20.9 Å². The van der Waals surface area contributed by atoms with E-state index in [9.17, 15) is 9.90 Å². The zero-order valence-electron chi connectivity index (χ0n) is 36.9. The van der Waals surface area contributed by atoms with E-state index in [2.05, 4.69) is 45.0 Å². The lowest BCUT2D eigenvalue weighted by Gasteiger charge is -2.16. The second-order valence-corrected chi connectivity index (χ2v) is 15.2. The Kier molecular flexibility index (Phi) is 63.0. The molecule has 0 aliphatic carbocycles. The van der Waals surface area contributed by atoms with Gasteiger partial charge in [-0.15, -0.1) is 0 Å². The van der Waals surface area contributed by atoms with Crippen LogP contribution in [-0.2, 0) is 14.3 Å². The van der Waals surface area contributed by atoms with Gasteiger partial charge in [-0.3, -0.25) is 4.79 Å². The van der Waals surface area contributed by atoms with Crippen LogP contribution < -0.4 is 5.32 Å². The fourth-order valence-corrected chi connectivity index (χ4v) is 6.24. The molecule has 0 aromatic heterocycles. The van der Waals surface area contributed by atoms with Gasteiger partial charge in [0.25, 0.3) is 0 Å². The van der Waals surface area contributed by atoms with E-state index < -0.39 is 0 Å². The molecule has 0 aliphatic heterocycles. The fourth-order valence-electron chi connectivity index (χ4n) is 6.24. The summed E-state index contributed by atoms with van der Waals surface area (Å²) >= 11 is 0. The molecule has 0 heterocycles. The Morgan fingerprint density at radius 2 is 0.808 bits per heavy atom. The van der Waals surface area contributed by atoms with Gasteiger partial charge in [0.05, 0.1) is 12.7 Å². The molecule has 0 spiro atoms. The third kappa shape index (κ3) is 61.1. The van der Waals surface area contributed by atoms with Crippen molar-refractivity contribution in [2.45, 2.75) is 246 Å². The van der Waals surface area contributed by atoms with Crippen LogP contribution in [0.5, 0.6) is 0 Å². The molecule has 2 N–H and O–H groups in total. The summed E-state index contributed by atoms with van der Waals surface area (Å²) in [6.07, 6.45) is 41.7. The number of carbonyl (C=O) groups excluding carboxylic acids is 2. The molecule has 316 valence electrons. The summed E-state index contributed by atoms with van der Waals surface area (Å²) in [5, 5.41) is 12.6. The number of hydrogen-bond acceptors (Lipinski definition) is 6. The molecule has 0 aliphatic rings. The molecule has 0 atom stereocenters. The average Bonchev–Trinajstić information content (AvgIpc) is 3.14. The summed E-state index contributed by atoms with van der Waals surface area (Å²) in [5.41, 5.74) is 0. The molecule has 0 fully saturated rings. The molecule has 0 radical (unpaired) electrons. The Bertz CT molecular complexity index is 591. The van der Waals surface area contributed by atoms with Crippen LogP contribution in [-0.4, -0.2) is 69.7 Å². The molecule has 0 amide bonds. The Morgan fingerprint density at radius 3 is 1.17 bits per heavy atom. The van der Waals surface area contributed by atoms with Crippen LogP contribution in [0.15, 0.2) is 0 Å². The number of carbonyl (C=O) groups is 2. The molecule has 0 aromatic carbocycles. The van der Waals surface area contributed by atoms with Crippen molar-refractivity contribution >= 4 is 12.8 Å². The highest BCUT2D eigenvalue weighted by Crippen LogP contribution is 2.14. The molecule has 0 bridgehead atoms. The molecular weight excluding hydrogens is 645 g/mol. The van der Waals surface area contributed by atoms with Crippen molar-refractivity contribution in [3.8, 4) is 0 Å². The van der Waals surface area contributed by atoms with Gasteiger partial charge >= 0.3 is 5.97 Å². The number of rotatable bonds is 37. The number of unbranched alkanes of at least 4 members (excludes halogenated alkanes) is 25. The van der Waals surface area contributed by atoms with Gasteiger partial charge in [0.2, 0.25) is 0 Å². The van der Waals surface area contributed by atoms with Crippen LogP contribution in [0.1, 0.15) is 240 Å². The molecule has 52 heavy (non-hydrogen) atoms. The molecular formula is C46H98N2O4. The normalized spacial score (nSPS) is 10.7. The summed E-state index contributed by atoms with van der Waals surface area (Å²) in [7, 11) is 6.01. The second-order valence-electron chi connectivity index (χ2n) is 15.2. The van der Waals surface area contributed by atoms with Crippen LogP contribution in [0.25, 0.3) is 0 Å². The Morgan fingerprint density at radius 1 is 0.519 bits per heavy atom. The van der Waals surface area contributed by atoms with E-state index in [1.54, 1.807) is 0 Å². The lowest BCUT2D eigenvalue weighted by Crippen LogP contribution is -2.20. The number of aliphatic hydroxyl groups excluding tert-OH is 1. The molecule has 0 rings (SSSR count). The minimum Gasteiger partial charge on any atom is -0.466 e. The first-order valence-corrected chi connectivity index (χ1v) is 22.8. The fraction of sp³-hybridized carbons (Fsp3) is 0.957. The van der Waals surface area contributed by atoms with Crippen molar-refractivity contribution in [3.63, 3.8) is 0 Å². The quantitative estimate of drug-likeness (QED) is 0.0487. The first-order chi connectivity index (χ1) is 25.4. The maximum Gasteiger partial charge on any atom is 0.305 e. The number of ether oxygens (including phenoxy) is 1. The highest BCUT2D eigenvalue weighted by Gasteiger charge is 2.05. The number of aliphatic hydroxyl groups is 1. The summed E-state index contributed by atoms with van der Waals surface area (Å²) in [6.45, 7) is 14.1. The third-order valence-corrected chi connectivity index (χ3v) is 9.61. The molecule has 6 nitrogen and oxygen atoms in total. The van der Waals surface area contributed by atoms with Crippen molar-refractivity contribution in [1.29, 1.82) is 0 Å². The van der Waals surface area contributed by atoms with Crippen molar-refractivity contribution in [3.05, 3.63) is 0 Å². The van der Waals surface area contributed by atoms with Gasteiger partial charge in [0.1, 0.15) is 6.79 Å². The standard InChI is InChI=1S/C26H53NO2.C17H36O.C2H7N.CH2O/c1-4-6-8-10-12-17-21-25-29-26(28)22-18-14-13-16-20-24-27(3)23-19-15-11-9-7-5-2;1-3-5-7-9-11-13-15-17(18)16-14-12-10-8-6-4-2;1-3-2;1-2/h4-25H2,1-3H3;17-18H,3-16H2,1-2H3;3H,1-2H3;1H2. The maximum absolute atomic E-state index is 11.7. The van der Waals surface area contributed by atoms with Gasteiger partial charge in [-0.2, -0.15) is 0 Å². The van der Waals surface area contributed by atoms with E-state index in [4.69, 9.17) is 9.53 Å². The number of nitrogens with zero attached hydrogens (tertiary/aromatic N) is 1. The molecule has 0 saturated heterocycles. The van der Waals surface area contributed by atoms with E-state index in [1.165, 1.54) is 186 Å². The van der Waals surface area contributed by atoms with Crippen molar-refractivity contribution < 1.29 is 19.4 Å². The minimum absolute atomic E-state index is 0.00894. The SMILES string of the molecule is C=O.CCCCCCCCC(O)CCCCCCCC.CCCCCCCCCOC(=O)CCCCCCCN(C)CCCCCCCC.CNC. The summed E-state index contributed by atoms with van der Waals surface area (Å²) in [5.74, 6) is 0.00894. The predicted molar refractivity (Wildman–Crippen MR) is 232 cm³/mol. The van der Waals surface area contributed by atoms with Gasteiger partial charge in [-0.1, -0.05) is 195 Å². The molecule has 0 unspecified atom stereocenters. The van der Waals surface area contributed by atoms with Crippen LogP contribution in [0.2, 0.25) is 0 Å². The number of esters is 1. The largest absolute Gasteiger partial charge is 0.466 e. The Hall–Kier alpha value is -0.980. The zero-order chi connectivity index (χ0) is 39.6. The molecule has 6 heteroatoms. The smallest absolute Gasteiger partial charge is 0.305 e. The first kappa shape index (κ1) is 57.7. The van der Waals surface area contributed by atoms with Gasteiger partial charge in [0.15, 0.2) is 0 Å². The van der Waals surface area contributed by atoms with Crippen LogP contribution in [0.4, 0.5) is 0 Å². The van der Waals surface area contributed by atoms with E-state index >= 15 is 0 Å². The van der Waals surface area contributed by atoms with Gasteiger partial charge < -0.3 is 24.9 Å². The first-order valence-electron chi connectivity index (χ1n) is 22.8. The monoisotopic (exact) mass is 743 g/mol. The molecule has 0 saturated carbocycles. The summed E-state index contributed by atoms with van der Waals surface area (Å²) in [6, 6.07) is 0. The Labute approximate surface area is 328 Å². The van der Waals surface area contributed by atoms with Crippen LogP contribution >= 0.6 is 0 Å². The predicted octanol–water partition coefficient (Wildman–Crippen LogP) is 13.4. The average molecular weight is 743 g/mol. The van der Waals surface area contributed by atoms with E-state index in [0.717, 1.165) is 32.1 Å². The van der Waals surface area contributed by atoms with Gasteiger partial charge in [-0.05, 0) is 72.8 Å². The lowest BCUT2D eigenvalue weighted by atomic mass is 10.0. The van der Waals surface area contributed by atoms with E-state index in [0.29, 0.717) is 13.0 Å².